The maximum Gasteiger partial charge on any atom is 0.407 e. The van der Waals surface area contributed by atoms with Gasteiger partial charge in [-0.15, -0.1) is 0 Å². The Morgan fingerprint density at radius 2 is 1.90 bits per heavy atom. The molecule has 8 heteroatoms. The van der Waals surface area contributed by atoms with Crippen molar-refractivity contribution in [3.8, 4) is 0 Å². The predicted octanol–water partition coefficient (Wildman–Crippen LogP) is 1.75. The van der Waals surface area contributed by atoms with Crippen LogP contribution in [0.3, 0.4) is 0 Å². The van der Waals surface area contributed by atoms with E-state index in [-0.39, 0.29) is 44.5 Å². The summed E-state index contributed by atoms with van der Waals surface area (Å²) in [4.78, 5) is 34.8. The van der Waals surface area contributed by atoms with Crippen LogP contribution in [0, 0.1) is 15.5 Å². The number of esters is 1. The number of nitro groups is 1. The van der Waals surface area contributed by atoms with Crippen LogP contribution in [-0.4, -0.2) is 52.2 Å². The third kappa shape index (κ3) is 4.30. The average Bonchev–Trinajstić information content (AvgIpc) is 2.24. The summed E-state index contributed by atoms with van der Waals surface area (Å²) in [6, 6.07) is -0.749. The molecule has 1 fully saturated rings. The number of hydrogen-bond acceptors (Lipinski definition) is 5. The van der Waals surface area contributed by atoms with Crippen molar-refractivity contribution >= 4 is 12.1 Å². The molecule has 0 bridgehead atoms. The lowest BCUT2D eigenvalue weighted by Gasteiger charge is -2.45. The molecule has 2 unspecified atom stereocenters. The van der Waals surface area contributed by atoms with Gasteiger partial charge in [-0.25, -0.2) is 4.79 Å². The van der Waals surface area contributed by atoms with Gasteiger partial charge in [-0.05, 0) is 33.6 Å². The summed E-state index contributed by atoms with van der Waals surface area (Å²) in [5.41, 5.74) is -0.847. The SMILES string of the molecule is CCOC(=O)CC1(C[N+](=O)[O-])CC(C)N(C(=O)O)C(C)C1. The number of amides is 1. The first-order chi connectivity index (χ1) is 9.70. The maximum absolute atomic E-state index is 11.8. The van der Waals surface area contributed by atoms with Crippen molar-refractivity contribution in [2.75, 3.05) is 13.2 Å². The topological polar surface area (TPSA) is 110 Å². The summed E-state index contributed by atoms with van der Waals surface area (Å²) >= 11 is 0. The Balaban J connectivity index is 2.96. The quantitative estimate of drug-likeness (QED) is 0.470. The molecule has 0 aromatic carbocycles. The van der Waals surface area contributed by atoms with E-state index in [1.165, 1.54) is 4.90 Å². The number of hydrogen-bond donors (Lipinski definition) is 1. The van der Waals surface area contributed by atoms with Crippen LogP contribution in [0.4, 0.5) is 4.79 Å². The van der Waals surface area contributed by atoms with Crippen molar-refractivity contribution < 1.29 is 24.4 Å². The van der Waals surface area contributed by atoms with Crippen LogP contribution in [0.25, 0.3) is 0 Å². The van der Waals surface area contributed by atoms with E-state index in [4.69, 9.17) is 4.74 Å². The fraction of sp³-hybridized carbons (Fsp3) is 0.846. The van der Waals surface area contributed by atoms with Crippen molar-refractivity contribution in [1.29, 1.82) is 0 Å². The van der Waals surface area contributed by atoms with Crippen molar-refractivity contribution in [1.82, 2.24) is 4.90 Å². The Morgan fingerprint density at radius 3 is 2.29 bits per heavy atom. The number of nitrogens with zero attached hydrogens (tertiary/aromatic N) is 2. The highest BCUT2D eigenvalue weighted by Crippen LogP contribution is 2.41. The summed E-state index contributed by atoms with van der Waals surface area (Å²) in [5.74, 6) is -0.470. The first kappa shape index (κ1) is 17.2. The van der Waals surface area contributed by atoms with E-state index in [0.717, 1.165) is 0 Å². The molecule has 1 heterocycles. The van der Waals surface area contributed by atoms with Gasteiger partial charge in [0.25, 0.3) is 0 Å². The molecule has 120 valence electrons. The van der Waals surface area contributed by atoms with Crippen molar-refractivity contribution in [3.05, 3.63) is 10.1 Å². The van der Waals surface area contributed by atoms with Crippen LogP contribution < -0.4 is 0 Å². The van der Waals surface area contributed by atoms with E-state index in [1.807, 2.05) is 0 Å². The van der Waals surface area contributed by atoms with Gasteiger partial charge in [-0.1, -0.05) is 0 Å². The van der Waals surface area contributed by atoms with Gasteiger partial charge in [0.2, 0.25) is 6.54 Å². The lowest BCUT2D eigenvalue weighted by Crippen LogP contribution is -2.55. The number of ether oxygens (including phenoxy) is 1. The Kier molecular flexibility index (Phi) is 5.51. The monoisotopic (exact) mass is 302 g/mol. The van der Waals surface area contributed by atoms with Gasteiger partial charge in [0.15, 0.2) is 0 Å². The summed E-state index contributed by atoms with van der Waals surface area (Å²) < 4.78 is 4.90. The molecule has 0 spiro atoms. The molecule has 21 heavy (non-hydrogen) atoms. The highest BCUT2D eigenvalue weighted by molar-refractivity contribution is 5.70. The van der Waals surface area contributed by atoms with Crippen molar-refractivity contribution in [2.45, 2.75) is 52.1 Å². The molecule has 1 rings (SSSR count). The van der Waals surface area contributed by atoms with Crippen molar-refractivity contribution in [2.24, 2.45) is 5.41 Å². The van der Waals surface area contributed by atoms with Gasteiger partial charge in [0.1, 0.15) is 0 Å². The highest BCUT2D eigenvalue weighted by Gasteiger charge is 2.48. The summed E-state index contributed by atoms with van der Waals surface area (Å²) in [6.07, 6.45) is -0.530. The number of carbonyl (C=O) groups excluding carboxylic acids is 1. The minimum atomic E-state index is -1.04. The Morgan fingerprint density at radius 1 is 1.38 bits per heavy atom. The summed E-state index contributed by atoms with van der Waals surface area (Å²) in [5, 5.41) is 20.2. The lowest BCUT2D eigenvalue weighted by atomic mass is 9.70. The van der Waals surface area contributed by atoms with Crippen LogP contribution in [0.5, 0.6) is 0 Å². The van der Waals surface area contributed by atoms with Crippen LogP contribution in [0.2, 0.25) is 0 Å². The van der Waals surface area contributed by atoms with E-state index in [1.54, 1.807) is 20.8 Å². The standard InChI is InChI=1S/C13H22N2O6/c1-4-21-11(16)7-13(8-14(19)20)5-9(2)15(12(17)18)10(3)6-13/h9-10H,4-8H2,1-3H3,(H,17,18). The molecule has 1 N–H and O–H groups in total. The molecule has 1 aliphatic heterocycles. The van der Waals surface area contributed by atoms with Gasteiger partial charge in [0.05, 0.1) is 13.0 Å². The molecule has 1 aliphatic rings. The number of rotatable bonds is 5. The van der Waals surface area contributed by atoms with Gasteiger partial charge in [-0.2, -0.15) is 0 Å². The fourth-order valence-electron chi connectivity index (χ4n) is 3.47. The predicted molar refractivity (Wildman–Crippen MR) is 73.6 cm³/mol. The molecule has 2 atom stereocenters. The van der Waals surface area contributed by atoms with Gasteiger partial charge in [-0.3, -0.25) is 14.9 Å². The van der Waals surface area contributed by atoms with E-state index in [2.05, 4.69) is 0 Å². The summed E-state index contributed by atoms with van der Waals surface area (Å²) in [6.45, 7) is 4.97. The van der Waals surface area contributed by atoms with Crippen molar-refractivity contribution in [3.63, 3.8) is 0 Å². The van der Waals surface area contributed by atoms with Gasteiger partial charge >= 0.3 is 12.1 Å². The first-order valence-corrected chi connectivity index (χ1v) is 6.99. The number of carbonyl (C=O) groups is 2. The average molecular weight is 302 g/mol. The van der Waals surface area contributed by atoms with Crippen LogP contribution in [0.15, 0.2) is 0 Å². The van der Waals surface area contributed by atoms with E-state index < -0.39 is 22.4 Å². The van der Waals surface area contributed by atoms with Gasteiger partial charge < -0.3 is 14.7 Å². The molecule has 0 radical (unpaired) electrons. The molecule has 0 saturated carbocycles. The second-order valence-corrected chi connectivity index (χ2v) is 5.77. The summed E-state index contributed by atoms with van der Waals surface area (Å²) in [7, 11) is 0. The smallest absolute Gasteiger partial charge is 0.407 e. The minimum absolute atomic E-state index is 0.0516. The van der Waals surface area contributed by atoms with E-state index >= 15 is 0 Å². The molecular formula is C13H22N2O6. The molecule has 8 nitrogen and oxygen atoms in total. The third-order valence-corrected chi connectivity index (χ3v) is 3.92. The molecule has 0 aromatic heterocycles. The largest absolute Gasteiger partial charge is 0.466 e. The zero-order chi connectivity index (χ0) is 16.2. The van der Waals surface area contributed by atoms with Crippen LogP contribution in [0.1, 0.15) is 40.0 Å². The maximum atomic E-state index is 11.8. The second kappa shape index (κ2) is 6.73. The van der Waals surface area contributed by atoms with Crippen LogP contribution >= 0.6 is 0 Å². The molecule has 1 saturated heterocycles. The highest BCUT2D eigenvalue weighted by atomic mass is 16.6. The van der Waals surface area contributed by atoms with E-state index in [9.17, 15) is 24.8 Å². The molecule has 0 aliphatic carbocycles. The normalized spacial score (nSPS) is 29.0. The number of carboxylic acid groups (broad SMARTS) is 1. The molecular weight excluding hydrogens is 280 g/mol. The second-order valence-electron chi connectivity index (χ2n) is 5.77. The van der Waals surface area contributed by atoms with Crippen LogP contribution in [-0.2, 0) is 9.53 Å². The Hall–Kier alpha value is -1.86. The molecule has 1 amide bonds. The molecule has 0 aromatic rings. The fourth-order valence-corrected chi connectivity index (χ4v) is 3.47. The van der Waals surface area contributed by atoms with E-state index in [0.29, 0.717) is 0 Å². The lowest BCUT2D eigenvalue weighted by molar-refractivity contribution is -0.499. The number of likely N-dealkylation sites (tertiary alicyclic amines) is 1. The third-order valence-electron chi connectivity index (χ3n) is 3.92. The first-order valence-electron chi connectivity index (χ1n) is 6.99. The Labute approximate surface area is 123 Å². The zero-order valence-electron chi connectivity index (χ0n) is 12.6. The van der Waals surface area contributed by atoms with Gasteiger partial charge in [0, 0.05) is 22.4 Å². The number of piperidine rings is 1. The Bertz CT molecular complexity index is 413. The minimum Gasteiger partial charge on any atom is -0.466 e. The zero-order valence-corrected chi connectivity index (χ0v) is 12.6.